The zero-order valence-electron chi connectivity index (χ0n) is 8.20. The SMILES string of the molecule is [2H][C@H]1c2ccccc2[C@@H]2C=C(Cl)[C@H]1C2. The van der Waals surface area contributed by atoms with Crippen LogP contribution in [-0.2, 0) is 6.40 Å². The molecule has 2 aliphatic rings. The van der Waals surface area contributed by atoms with E-state index < -0.39 is 0 Å². The van der Waals surface area contributed by atoms with Crippen LogP contribution >= 0.6 is 11.6 Å². The fraction of sp³-hybridized carbons (Fsp3) is 0.333. The third kappa shape index (κ3) is 1.05. The average molecular weight is 192 g/mol. The molecule has 1 aromatic rings. The lowest BCUT2D eigenvalue weighted by atomic mass is 9.82. The van der Waals surface area contributed by atoms with E-state index in [2.05, 4.69) is 18.2 Å². The van der Waals surface area contributed by atoms with E-state index in [9.17, 15) is 0 Å². The van der Waals surface area contributed by atoms with Gasteiger partial charge in [0, 0.05) is 12.3 Å². The predicted molar refractivity (Wildman–Crippen MR) is 54.9 cm³/mol. The number of hydrogen-bond donors (Lipinski definition) is 0. The van der Waals surface area contributed by atoms with Gasteiger partial charge in [0.1, 0.15) is 0 Å². The summed E-state index contributed by atoms with van der Waals surface area (Å²) in [5, 5.41) is 0.895. The van der Waals surface area contributed by atoms with Crippen LogP contribution in [0, 0.1) is 5.92 Å². The molecule has 0 N–H and O–H groups in total. The van der Waals surface area contributed by atoms with Crippen LogP contribution in [0.3, 0.4) is 0 Å². The van der Waals surface area contributed by atoms with E-state index >= 15 is 0 Å². The maximum absolute atomic E-state index is 8.14. The summed E-state index contributed by atoms with van der Waals surface area (Å²) >= 11 is 6.14. The van der Waals surface area contributed by atoms with Crippen molar-refractivity contribution < 1.29 is 1.37 Å². The molecule has 0 saturated carbocycles. The number of allylic oxidation sites excluding steroid dienone is 2. The summed E-state index contributed by atoms with van der Waals surface area (Å²) in [4.78, 5) is 0. The molecule has 0 heterocycles. The quantitative estimate of drug-likeness (QED) is 0.589. The third-order valence-electron chi connectivity index (χ3n) is 3.00. The smallest absolute Gasteiger partial charge is 0.0323 e. The van der Waals surface area contributed by atoms with Crippen molar-refractivity contribution in [2.75, 3.05) is 0 Å². The Morgan fingerprint density at radius 1 is 1.38 bits per heavy atom. The molecule has 2 bridgehead atoms. The normalized spacial score (nSPS) is 36.5. The Kier molecular flexibility index (Phi) is 1.34. The van der Waals surface area contributed by atoms with E-state index in [1.54, 1.807) is 0 Å². The van der Waals surface area contributed by atoms with Crippen molar-refractivity contribution >= 4 is 11.6 Å². The Hall–Kier alpha value is -0.750. The fourth-order valence-corrected chi connectivity index (χ4v) is 2.66. The summed E-state index contributed by atoms with van der Waals surface area (Å²) in [6, 6.07) is 8.25. The minimum Gasteiger partial charge on any atom is -0.0892 e. The van der Waals surface area contributed by atoms with Crippen LogP contribution in [0.15, 0.2) is 35.4 Å². The highest BCUT2D eigenvalue weighted by molar-refractivity contribution is 6.30. The number of hydrogen-bond acceptors (Lipinski definition) is 0. The van der Waals surface area contributed by atoms with Gasteiger partial charge in [-0.25, -0.2) is 0 Å². The second kappa shape index (κ2) is 2.62. The highest BCUT2D eigenvalue weighted by Gasteiger charge is 2.32. The lowest BCUT2D eigenvalue weighted by Gasteiger charge is -2.22. The van der Waals surface area contributed by atoms with E-state index in [4.69, 9.17) is 13.0 Å². The summed E-state index contributed by atoms with van der Waals surface area (Å²) < 4.78 is 8.14. The summed E-state index contributed by atoms with van der Waals surface area (Å²) in [6.45, 7) is 0. The molecule has 0 radical (unpaired) electrons. The van der Waals surface area contributed by atoms with Gasteiger partial charge in [0.2, 0.25) is 0 Å². The van der Waals surface area contributed by atoms with Crippen LogP contribution in [0.4, 0.5) is 0 Å². The first-order valence-corrected chi connectivity index (χ1v) is 5.03. The molecule has 0 aliphatic heterocycles. The lowest BCUT2D eigenvalue weighted by Crippen LogP contribution is -2.11. The van der Waals surface area contributed by atoms with Crippen molar-refractivity contribution in [1.29, 1.82) is 0 Å². The van der Waals surface area contributed by atoms with Crippen LogP contribution < -0.4 is 0 Å². The molecule has 3 atom stereocenters. The van der Waals surface area contributed by atoms with Crippen LogP contribution in [0.1, 0.15) is 24.8 Å². The molecular weight excluding hydrogens is 180 g/mol. The standard InChI is InChI=1S/C12H11Cl/c13-12-7-9-6-10(12)5-8-3-1-2-4-11(8)9/h1-4,7,9-10H,5-6H2/t9-,10+/m0/s1/i5D/t5-,9-,10+. The first kappa shape index (κ1) is 6.67. The molecule has 0 spiro atoms. The molecule has 1 aromatic carbocycles. The van der Waals surface area contributed by atoms with Crippen molar-refractivity contribution in [3.05, 3.63) is 46.5 Å². The van der Waals surface area contributed by atoms with E-state index in [1.807, 2.05) is 12.1 Å². The van der Waals surface area contributed by atoms with E-state index in [0.717, 1.165) is 11.5 Å². The van der Waals surface area contributed by atoms with Crippen molar-refractivity contribution in [3.63, 3.8) is 0 Å². The van der Waals surface area contributed by atoms with Crippen molar-refractivity contribution in [1.82, 2.24) is 0 Å². The van der Waals surface area contributed by atoms with Crippen molar-refractivity contribution in [3.8, 4) is 0 Å². The number of rotatable bonds is 0. The van der Waals surface area contributed by atoms with Gasteiger partial charge in [-0.3, -0.25) is 0 Å². The van der Waals surface area contributed by atoms with E-state index in [-0.39, 0.29) is 12.3 Å². The van der Waals surface area contributed by atoms with Crippen LogP contribution in [0.2, 0.25) is 0 Å². The van der Waals surface area contributed by atoms with Crippen LogP contribution in [0.5, 0.6) is 0 Å². The Labute approximate surface area is 84.6 Å². The monoisotopic (exact) mass is 191 g/mol. The third-order valence-corrected chi connectivity index (χ3v) is 3.40. The Balaban J connectivity index is 2.19. The number of benzene rings is 1. The van der Waals surface area contributed by atoms with Gasteiger partial charge in [-0.1, -0.05) is 41.9 Å². The molecule has 66 valence electrons. The van der Waals surface area contributed by atoms with Gasteiger partial charge in [-0.05, 0) is 29.9 Å². The molecule has 0 saturated heterocycles. The molecule has 0 nitrogen and oxygen atoms in total. The second-order valence-corrected chi connectivity index (χ2v) is 4.23. The van der Waals surface area contributed by atoms with Crippen LogP contribution in [-0.4, -0.2) is 0 Å². The second-order valence-electron chi connectivity index (χ2n) is 3.80. The topological polar surface area (TPSA) is 0 Å². The van der Waals surface area contributed by atoms with Gasteiger partial charge < -0.3 is 0 Å². The number of fused-ring (bicyclic) bond motifs is 4. The van der Waals surface area contributed by atoms with Gasteiger partial charge in [-0.15, -0.1) is 0 Å². The molecule has 0 unspecified atom stereocenters. The van der Waals surface area contributed by atoms with Gasteiger partial charge >= 0.3 is 0 Å². The summed E-state index contributed by atoms with van der Waals surface area (Å²) in [7, 11) is 0. The molecule has 0 fully saturated rings. The Bertz CT molecular complexity index is 411. The van der Waals surface area contributed by atoms with Gasteiger partial charge in [0.05, 0.1) is 0 Å². The highest BCUT2D eigenvalue weighted by atomic mass is 35.5. The summed E-state index contributed by atoms with van der Waals surface area (Å²) in [5.74, 6) is 0.710. The maximum Gasteiger partial charge on any atom is 0.0323 e. The highest BCUT2D eigenvalue weighted by Crippen LogP contribution is 2.46. The molecule has 0 aromatic heterocycles. The molecule has 2 aliphatic carbocycles. The zero-order valence-corrected chi connectivity index (χ0v) is 7.96. The summed E-state index contributed by atoms with van der Waals surface area (Å²) in [6.07, 6.45) is 3.00. The first-order valence-electron chi connectivity index (χ1n) is 5.23. The van der Waals surface area contributed by atoms with Gasteiger partial charge in [0.25, 0.3) is 0 Å². The number of halogens is 1. The maximum atomic E-state index is 8.14. The van der Waals surface area contributed by atoms with Crippen molar-refractivity contribution in [2.24, 2.45) is 5.92 Å². The van der Waals surface area contributed by atoms with E-state index in [1.165, 1.54) is 11.1 Å². The lowest BCUT2D eigenvalue weighted by molar-refractivity contribution is 0.549. The molecule has 3 rings (SSSR count). The largest absolute Gasteiger partial charge is 0.0892 e. The average Bonchev–Trinajstić information content (AvgIpc) is 2.55. The minimum absolute atomic E-state index is 0.159. The minimum atomic E-state index is -0.159. The zero-order chi connectivity index (χ0) is 9.71. The Morgan fingerprint density at radius 3 is 3.15 bits per heavy atom. The van der Waals surface area contributed by atoms with E-state index in [0.29, 0.717) is 5.92 Å². The molecule has 1 heteroatoms. The molecule has 0 amide bonds. The van der Waals surface area contributed by atoms with Gasteiger partial charge in [-0.2, -0.15) is 0 Å². The first-order chi connectivity index (χ1) is 6.77. The van der Waals surface area contributed by atoms with Crippen molar-refractivity contribution in [2.45, 2.75) is 18.7 Å². The van der Waals surface area contributed by atoms with Crippen LogP contribution in [0.25, 0.3) is 0 Å². The summed E-state index contributed by atoms with van der Waals surface area (Å²) in [5.41, 5.74) is 2.47. The predicted octanol–water partition coefficient (Wildman–Crippen LogP) is 3.47. The molecular formula is C12H11Cl. The Morgan fingerprint density at radius 2 is 2.23 bits per heavy atom. The fourth-order valence-electron chi connectivity index (χ4n) is 2.35. The molecule has 13 heavy (non-hydrogen) atoms. The van der Waals surface area contributed by atoms with Gasteiger partial charge in [0.15, 0.2) is 0 Å².